The van der Waals surface area contributed by atoms with Gasteiger partial charge in [-0.1, -0.05) is 13.8 Å². The van der Waals surface area contributed by atoms with Gasteiger partial charge in [0.05, 0.1) is 0 Å². The first-order valence-corrected chi connectivity index (χ1v) is 7.03. The lowest BCUT2D eigenvalue weighted by molar-refractivity contribution is 0.658. The van der Waals surface area contributed by atoms with E-state index in [2.05, 4.69) is 55.9 Å². The van der Waals surface area contributed by atoms with E-state index in [-0.39, 0.29) is 0 Å². The number of pyridine rings is 1. The molecule has 0 amide bonds. The van der Waals surface area contributed by atoms with E-state index in [0.717, 1.165) is 31.9 Å². The predicted octanol–water partition coefficient (Wildman–Crippen LogP) is 3.12. The van der Waals surface area contributed by atoms with Crippen LogP contribution in [0.25, 0.3) is 0 Å². The van der Waals surface area contributed by atoms with Gasteiger partial charge in [-0.05, 0) is 50.9 Å². The minimum atomic E-state index is 0.496. The lowest BCUT2D eigenvalue weighted by Gasteiger charge is -2.29. The molecule has 0 unspecified atom stereocenters. The molecule has 0 atom stereocenters. The first kappa shape index (κ1) is 15.0. The van der Waals surface area contributed by atoms with Crippen molar-refractivity contribution in [2.24, 2.45) is 0 Å². The fraction of sp³-hybridized carbons (Fsp3) is 0.667. The summed E-state index contributed by atoms with van der Waals surface area (Å²) in [4.78, 5) is 7.04. The zero-order valence-corrected chi connectivity index (χ0v) is 12.5. The van der Waals surface area contributed by atoms with Crippen LogP contribution in [0.3, 0.4) is 0 Å². The monoisotopic (exact) mass is 249 g/mol. The van der Waals surface area contributed by atoms with Crippen LogP contribution in [0.2, 0.25) is 0 Å². The van der Waals surface area contributed by atoms with Crippen molar-refractivity contribution in [1.29, 1.82) is 0 Å². The van der Waals surface area contributed by atoms with Gasteiger partial charge in [0, 0.05) is 25.3 Å². The molecule has 0 aliphatic rings. The van der Waals surface area contributed by atoms with Gasteiger partial charge in [0.1, 0.15) is 5.82 Å². The highest BCUT2D eigenvalue weighted by Gasteiger charge is 2.13. The third-order valence-corrected chi connectivity index (χ3v) is 3.05. The summed E-state index contributed by atoms with van der Waals surface area (Å²) in [5.41, 5.74) is 2.53. The Morgan fingerprint density at radius 1 is 1.33 bits per heavy atom. The Balaban J connectivity index is 2.88. The molecule has 0 saturated carbocycles. The average molecular weight is 249 g/mol. The summed E-state index contributed by atoms with van der Waals surface area (Å²) < 4.78 is 0. The number of hydrogen-bond donors (Lipinski definition) is 1. The zero-order chi connectivity index (χ0) is 13.5. The molecule has 0 spiro atoms. The van der Waals surface area contributed by atoms with Crippen molar-refractivity contribution in [2.45, 2.75) is 53.6 Å². The molecular weight excluding hydrogens is 222 g/mol. The summed E-state index contributed by atoms with van der Waals surface area (Å²) in [5.74, 6) is 1.13. The molecule has 1 rings (SSSR count). The Bertz CT molecular complexity index is 361. The molecule has 102 valence electrons. The quantitative estimate of drug-likeness (QED) is 0.804. The fourth-order valence-corrected chi connectivity index (χ4v) is 2.14. The van der Waals surface area contributed by atoms with E-state index in [4.69, 9.17) is 0 Å². The normalized spacial score (nSPS) is 11.0. The minimum Gasteiger partial charge on any atom is -0.354 e. The van der Waals surface area contributed by atoms with Crippen molar-refractivity contribution in [1.82, 2.24) is 10.3 Å². The van der Waals surface area contributed by atoms with Gasteiger partial charge in [-0.15, -0.1) is 0 Å². The third kappa shape index (κ3) is 3.98. The van der Waals surface area contributed by atoms with Gasteiger partial charge in [0.2, 0.25) is 0 Å². The van der Waals surface area contributed by atoms with Crippen molar-refractivity contribution in [3.8, 4) is 0 Å². The van der Waals surface area contributed by atoms with Gasteiger partial charge in [0.15, 0.2) is 0 Å². The number of hydrogen-bond acceptors (Lipinski definition) is 3. The number of aryl methyl sites for hydroxylation is 1. The topological polar surface area (TPSA) is 28.2 Å². The molecular formula is C15H27N3. The smallest absolute Gasteiger partial charge is 0.131 e. The molecule has 3 heteroatoms. The Kier molecular flexibility index (Phi) is 6.13. The zero-order valence-electron chi connectivity index (χ0n) is 12.5. The van der Waals surface area contributed by atoms with Crippen LogP contribution in [-0.4, -0.2) is 24.1 Å². The van der Waals surface area contributed by atoms with Crippen molar-refractivity contribution in [2.75, 3.05) is 18.0 Å². The average Bonchev–Trinajstić information content (AvgIpc) is 2.34. The van der Waals surface area contributed by atoms with Crippen LogP contribution in [0.15, 0.2) is 12.3 Å². The van der Waals surface area contributed by atoms with Crippen molar-refractivity contribution >= 4 is 5.82 Å². The van der Waals surface area contributed by atoms with E-state index in [1.165, 1.54) is 11.1 Å². The van der Waals surface area contributed by atoms with Crippen LogP contribution in [0, 0.1) is 6.92 Å². The molecule has 0 aliphatic heterocycles. The molecule has 3 nitrogen and oxygen atoms in total. The first-order valence-electron chi connectivity index (χ1n) is 7.03. The van der Waals surface area contributed by atoms with Crippen LogP contribution in [0.4, 0.5) is 5.82 Å². The molecule has 0 aromatic carbocycles. The summed E-state index contributed by atoms with van der Waals surface area (Å²) in [6.07, 6.45) is 3.15. The highest BCUT2D eigenvalue weighted by atomic mass is 15.2. The first-order chi connectivity index (χ1) is 8.60. The molecule has 1 aromatic rings. The Morgan fingerprint density at radius 2 is 2.06 bits per heavy atom. The Morgan fingerprint density at radius 3 is 2.56 bits per heavy atom. The summed E-state index contributed by atoms with van der Waals surface area (Å²) in [5, 5.41) is 3.33. The van der Waals surface area contributed by atoms with Crippen LogP contribution >= 0.6 is 0 Å². The molecule has 0 bridgehead atoms. The molecule has 0 saturated heterocycles. The van der Waals surface area contributed by atoms with E-state index in [1.54, 1.807) is 0 Å². The number of anilines is 1. The lowest BCUT2D eigenvalue weighted by atomic mass is 10.1. The van der Waals surface area contributed by atoms with Crippen LogP contribution in [0.5, 0.6) is 0 Å². The second-order valence-corrected chi connectivity index (χ2v) is 5.05. The Hall–Kier alpha value is -1.09. The van der Waals surface area contributed by atoms with Gasteiger partial charge < -0.3 is 10.2 Å². The second-order valence-electron chi connectivity index (χ2n) is 5.05. The van der Waals surface area contributed by atoms with Gasteiger partial charge in [-0.2, -0.15) is 0 Å². The van der Waals surface area contributed by atoms with Crippen LogP contribution < -0.4 is 10.2 Å². The number of nitrogens with zero attached hydrogens (tertiary/aromatic N) is 2. The van der Waals surface area contributed by atoms with Gasteiger partial charge in [0.25, 0.3) is 0 Å². The molecule has 18 heavy (non-hydrogen) atoms. The van der Waals surface area contributed by atoms with Gasteiger partial charge >= 0.3 is 0 Å². The maximum absolute atomic E-state index is 4.66. The largest absolute Gasteiger partial charge is 0.354 e. The van der Waals surface area contributed by atoms with Gasteiger partial charge in [-0.3, -0.25) is 0 Å². The SMILES string of the molecule is CCCN(c1ncc(CNCC)cc1C)C(C)C. The maximum Gasteiger partial charge on any atom is 0.131 e. The number of aromatic nitrogens is 1. The molecule has 0 radical (unpaired) electrons. The van der Waals surface area contributed by atoms with E-state index in [1.807, 2.05) is 6.20 Å². The summed E-state index contributed by atoms with van der Waals surface area (Å²) in [6.45, 7) is 13.9. The van der Waals surface area contributed by atoms with Crippen LogP contribution in [-0.2, 0) is 6.54 Å². The van der Waals surface area contributed by atoms with Crippen molar-refractivity contribution in [3.63, 3.8) is 0 Å². The summed E-state index contributed by atoms with van der Waals surface area (Å²) >= 11 is 0. The number of nitrogens with one attached hydrogen (secondary N) is 1. The minimum absolute atomic E-state index is 0.496. The van der Waals surface area contributed by atoms with E-state index in [9.17, 15) is 0 Å². The summed E-state index contributed by atoms with van der Waals surface area (Å²) in [7, 11) is 0. The standard InChI is InChI=1S/C15H27N3/c1-6-8-18(12(3)4)15-13(5)9-14(11-17-15)10-16-7-2/h9,11-12,16H,6-8,10H2,1-5H3. The van der Waals surface area contributed by atoms with Crippen molar-refractivity contribution in [3.05, 3.63) is 23.4 Å². The molecule has 0 aliphatic carbocycles. The summed E-state index contributed by atoms with van der Waals surface area (Å²) in [6, 6.07) is 2.74. The Labute approximate surface area is 112 Å². The maximum atomic E-state index is 4.66. The third-order valence-electron chi connectivity index (χ3n) is 3.05. The second kappa shape index (κ2) is 7.37. The van der Waals surface area contributed by atoms with Crippen molar-refractivity contribution < 1.29 is 0 Å². The fourth-order valence-electron chi connectivity index (χ4n) is 2.14. The van der Waals surface area contributed by atoms with E-state index in [0.29, 0.717) is 6.04 Å². The molecule has 1 heterocycles. The predicted molar refractivity (Wildman–Crippen MR) is 79.1 cm³/mol. The molecule has 1 N–H and O–H groups in total. The van der Waals surface area contributed by atoms with E-state index < -0.39 is 0 Å². The highest BCUT2D eigenvalue weighted by Crippen LogP contribution is 2.20. The van der Waals surface area contributed by atoms with E-state index >= 15 is 0 Å². The molecule has 0 fully saturated rings. The number of rotatable bonds is 7. The van der Waals surface area contributed by atoms with Crippen LogP contribution in [0.1, 0.15) is 45.2 Å². The highest BCUT2D eigenvalue weighted by molar-refractivity contribution is 5.48. The lowest BCUT2D eigenvalue weighted by Crippen LogP contribution is -2.32. The van der Waals surface area contributed by atoms with Gasteiger partial charge in [-0.25, -0.2) is 4.98 Å². The molecule has 1 aromatic heterocycles.